The quantitative estimate of drug-likeness (QED) is 0.341. The number of benzene rings is 2. The molecule has 0 saturated heterocycles. The van der Waals surface area contributed by atoms with Crippen molar-refractivity contribution in [1.29, 1.82) is 0 Å². The van der Waals surface area contributed by atoms with Crippen LogP contribution in [-0.2, 0) is 16.0 Å². The summed E-state index contributed by atoms with van der Waals surface area (Å²) in [5.41, 5.74) is 3.53. The summed E-state index contributed by atoms with van der Waals surface area (Å²) in [4.78, 5) is 41.4. The number of carboxylic acids is 1. The van der Waals surface area contributed by atoms with Crippen LogP contribution in [0.4, 0.5) is 10.5 Å². The van der Waals surface area contributed by atoms with Crippen LogP contribution in [0.1, 0.15) is 32.8 Å². The predicted octanol–water partition coefficient (Wildman–Crippen LogP) is 5.04. The molecule has 0 saturated carbocycles. The molecule has 2 aromatic carbocycles. The third-order valence-corrected chi connectivity index (χ3v) is 5.20. The number of pyridine rings is 1. The number of carbonyl (C=O) groups excluding carboxylic acids is 1. The first-order valence-corrected chi connectivity index (χ1v) is 10.6. The molecule has 4 aromatic rings. The molecule has 0 spiro atoms. The Morgan fingerprint density at radius 3 is 2.42 bits per heavy atom. The van der Waals surface area contributed by atoms with Crippen molar-refractivity contribution < 1.29 is 19.4 Å². The second-order valence-corrected chi connectivity index (χ2v) is 8.88. The van der Waals surface area contributed by atoms with E-state index in [1.165, 1.54) is 0 Å². The van der Waals surface area contributed by atoms with Gasteiger partial charge in [-0.15, -0.1) is 0 Å². The number of carbonyl (C=O) groups is 2. The molecule has 1 amide bonds. The molecule has 170 valence electrons. The second-order valence-electron chi connectivity index (χ2n) is 8.88. The van der Waals surface area contributed by atoms with E-state index >= 15 is 0 Å². The van der Waals surface area contributed by atoms with Crippen molar-refractivity contribution in [1.82, 2.24) is 9.97 Å². The lowest BCUT2D eigenvalue weighted by molar-refractivity contribution is -0.136. The Morgan fingerprint density at radius 2 is 1.76 bits per heavy atom. The van der Waals surface area contributed by atoms with Crippen molar-refractivity contribution in [2.75, 3.05) is 5.32 Å². The molecule has 0 aliphatic carbocycles. The standard InChI is InChI=1S/C25H25N3O5/c1-25(2,3)33-24(32)27-17-8-4-14(5-9-17)15-6-10-19-18(12-15)21-16(7-11-20(29)30)13-26-22(21)23(31)28-19/h4-6,8-10,12-13,26H,7,11H2,1-3H3,(H,27,32)(H,28,31)(H,29,30). The van der Waals surface area contributed by atoms with Crippen LogP contribution in [0, 0.1) is 0 Å². The maximum atomic E-state index is 12.5. The van der Waals surface area contributed by atoms with Gasteiger partial charge in [0.25, 0.3) is 5.56 Å². The molecule has 33 heavy (non-hydrogen) atoms. The van der Waals surface area contributed by atoms with Gasteiger partial charge in [0.1, 0.15) is 11.1 Å². The van der Waals surface area contributed by atoms with E-state index in [1.54, 1.807) is 39.1 Å². The molecular formula is C25H25N3O5. The van der Waals surface area contributed by atoms with E-state index in [9.17, 15) is 14.4 Å². The number of aromatic nitrogens is 2. The van der Waals surface area contributed by atoms with Gasteiger partial charge in [0.2, 0.25) is 0 Å². The molecule has 0 aliphatic heterocycles. The van der Waals surface area contributed by atoms with Crippen molar-refractivity contribution in [2.24, 2.45) is 0 Å². The summed E-state index contributed by atoms with van der Waals surface area (Å²) in [5.74, 6) is -0.890. The number of H-pyrrole nitrogens is 2. The second kappa shape index (κ2) is 8.46. The number of amides is 1. The molecule has 0 unspecified atom stereocenters. The summed E-state index contributed by atoms with van der Waals surface area (Å²) in [7, 11) is 0. The monoisotopic (exact) mass is 447 g/mol. The fourth-order valence-electron chi connectivity index (χ4n) is 3.78. The first-order chi connectivity index (χ1) is 15.6. The molecular weight excluding hydrogens is 422 g/mol. The van der Waals surface area contributed by atoms with E-state index in [0.29, 0.717) is 23.1 Å². The molecule has 2 aromatic heterocycles. The van der Waals surface area contributed by atoms with E-state index < -0.39 is 17.7 Å². The summed E-state index contributed by atoms with van der Waals surface area (Å²) in [6, 6.07) is 13.1. The highest BCUT2D eigenvalue weighted by atomic mass is 16.6. The average Bonchev–Trinajstić information content (AvgIpc) is 3.16. The van der Waals surface area contributed by atoms with Crippen molar-refractivity contribution in [3.63, 3.8) is 0 Å². The van der Waals surface area contributed by atoms with E-state index in [-0.39, 0.29) is 12.0 Å². The lowest BCUT2D eigenvalue weighted by Gasteiger charge is -2.19. The molecule has 0 bridgehead atoms. The molecule has 2 heterocycles. The van der Waals surface area contributed by atoms with E-state index in [1.807, 2.05) is 30.3 Å². The van der Waals surface area contributed by atoms with E-state index in [4.69, 9.17) is 9.84 Å². The van der Waals surface area contributed by atoms with Gasteiger partial charge in [0.05, 0.1) is 0 Å². The lowest BCUT2D eigenvalue weighted by Crippen LogP contribution is -2.27. The summed E-state index contributed by atoms with van der Waals surface area (Å²) in [6.07, 6.45) is 1.48. The summed E-state index contributed by atoms with van der Waals surface area (Å²) < 4.78 is 5.27. The number of aromatic amines is 2. The third kappa shape index (κ3) is 4.90. The smallest absolute Gasteiger partial charge is 0.412 e. The van der Waals surface area contributed by atoms with Crippen LogP contribution in [0.3, 0.4) is 0 Å². The number of carboxylic acid groups (broad SMARTS) is 1. The zero-order valence-corrected chi connectivity index (χ0v) is 18.6. The normalized spacial score (nSPS) is 11.6. The Balaban J connectivity index is 1.69. The van der Waals surface area contributed by atoms with Crippen molar-refractivity contribution in [3.05, 3.63) is 64.6 Å². The first kappa shape index (κ1) is 22.1. The summed E-state index contributed by atoms with van der Waals surface area (Å²) in [5, 5.41) is 13.3. The SMILES string of the molecule is CC(C)(C)OC(=O)Nc1ccc(-c2ccc3[nH]c(=O)c4[nH]cc(CCC(=O)O)c4c3c2)cc1. The minimum absolute atomic E-state index is 0.0208. The molecule has 4 rings (SSSR count). The predicted molar refractivity (Wildman–Crippen MR) is 128 cm³/mol. The molecule has 0 atom stereocenters. The number of hydrogen-bond acceptors (Lipinski definition) is 4. The van der Waals surface area contributed by atoms with Crippen LogP contribution in [0.5, 0.6) is 0 Å². The fraction of sp³-hybridized carbons (Fsp3) is 0.240. The molecule has 0 fully saturated rings. The lowest BCUT2D eigenvalue weighted by atomic mass is 9.99. The summed E-state index contributed by atoms with van der Waals surface area (Å²) >= 11 is 0. The Bertz CT molecular complexity index is 1410. The number of ether oxygens (including phenoxy) is 1. The van der Waals surface area contributed by atoms with E-state index in [0.717, 1.165) is 27.5 Å². The zero-order chi connectivity index (χ0) is 23.8. The highest BCUT2D eigenvalue weighted by molar-refractivity contribution is 6.07. The number of rotatable bonds is 5. The van der Waals surface area contributed by atoms with Gasteiger partial charge in [-0.3, -0.25) is 14.9 Å². The average molecular weight is 447 g/mol. The number of anilines is 1. The number of aryl methyl sites for hydroxylation is 1. The number of aliphatic carboxylic acids is 1. The van der Waals surface area contributed by atoms with Crippen LogP contribution < -0.4 is 10.9 Å². The van der Waals surface area contributed by atoms with Crippen LogP contribution in [0.15, 0.2) is 53.5 Å². The van der Waals surface area contributed by atoms with Crippen LogP contribution in [0.25, 0.3) is 32.9 Å². The van der Waals surface area contributed by atoms with Gasteiger partial charge < -0.3 is 19.8 Å². The summed E-state index contributed by atoms with van der Waals surface area (Å²) in [6.45, 7) is 5.41. The molecule has 4 N–H and O–H groups in total. The number of fused-ring (bicyclic) bond motifs is 3. The Morgan fingerprint density at radius 1 is 1.06 bits per heavy atom. The topological polar surface area (TPSA) is 124 Å². The zero-order valence-electron chi connectivity index (χ0n) is 18.6. The Labute approximate surface area is 189 Å². The van der Waals surface area contributed by atoms with Crippen molar-refractivity contribution in [2.45, 2.75) is 39.2 Å². The molecule has 0 aliphatic rings. The van der Waals surface area contributed by atoms with Crippen LogP contribution >= 0.6 is 0 Å². The van der Waals surface area contributed by atoms with E-state index in [2.05, 4.69) is 15.3 Å². The molecule has 8 nitrogen and oxygen atoms in total. The Kier molecular flexibility index (Phi) is 5.68. The van der Waals surface area contributed by atoms with Gasteiger partial charge in [-0.25, -0.2) is 4.79 Å². The third-order valence-electron chi connectivity index (χ3n) is 5.20. The van der Waals surface area contributed by atoms with Crippen molar-refractivity contribution >= 4 is 39.6 Å². The van der Waals surface area contributed by atoms with Crippen LogP contribution in [0.2, 0.25) is 0 Å². The van der Waals surface area contributed by atoms with Gasteiger partial charge in [-0.2, -0.15) is 0 Å². The maximum Gasteiger partial charge on any atom is 0.412 e. The van der Waals surface area contributed by atoms with Crippen molar-refractivity contribution in [3.8, 4) is 11.1 Å². The van der Waals surface area contributed by atoms with Crippen LogP contribution in [-0.4, -0.2) is 32.7 Å². The Hall–Kier alpha value is -4.07. The number of hydrogen-bond donors (Lipinski definition) is 4. The fourth-order valence-corrected chi connectivity index (χ4v) is 3.78. The minimum Gasteiger partial charge on any atom is -0.481 e. The van der Waals surface area contributed by atoms with Gasteiger partial charge in [-0.1, -0.05) is 18.2 Å². The molecule has 0 radical (unpaired) electrons. The number of nitrogens with one attached hydrogen (secondary N) is 3. The molecule has 8 heteroatoms. The highest BCUT2D eigenvalue weighted by Crippen LogP contribution is 2.30. The van der Waals surface area contributed by atoms with Gasteiger partial charge >= 0.3 is 12.1 Å². The van der Waals surface area contributed by atoms with Gasteiger partial charge in [0.15, 0.2) is 0 Å². The maximum absolute atomic E-state index is 12.5. The minimum atomic E-state index is -0.890. The largest absolute Gasteiger partial charge is 0.481 e. The first-order valence-electron chi connectivity index (χ1n) is 10.6. The van der Waals surface area contributed by atoms with Gasteiger partial charge in [-0.05, 0) is 68.1 Å². The van der Waals surface area contributed by atoms with Gasteiger partial charge in [0, 0.05) is 34.6 Å². The highest BCUT2D eigenvalue weighted by Gasteiger charge is 2.16.